The van der Waals surface area contributed by atoms with E-state index in [1.54, 1.807) is 12.4 Å². The van der Waals surface area contributed by atoms with Crippen LogP contribution in [0.3, 0.4) is 0 Å². The quantitative estimate of drug-likeness (QED) is 0.237. The number of ketones is 1. The summed E-state index contributed by atoms with van der Waals surface area (Å²) in [6.45, 7) is 6.63. The molecule has 1 aliphatic rings. The van der Waals surface area contributed by atoms with Crippen molar-refractivity contribution in [3.05, 3.63) is 71.8 Å². The van der Waals surface area contributed by atoms with Crippen molar-refractivity contribution in [3.8, 4) is 22.8 Å². The lowest BCUT2D eigenvalue weighted by atomic mass is 10.2. The minimum absolute atomic E-state index is 0.0890. The Morgan fingerprint density at radius 1 is 1.09 bits per heavy atom. The van der Waals surface area contributed by atoms with Crippen molar-refractivity contribution in [1.29, 1.82) is 0 Å². The van der Waals surface area contributed by atoms with E-state index in [2.05, 4.69) is 24.3 Å². The summed E-state index contributed by atoms with van der Waals surface area (Å²) in [5, 5.41) is 9.65. The van der Waals surface area contributed by atoms with Crippen LogP contribution in [0.4, 0.5) is 0 Å². The second-order valence-corrected chi connectivity index (χ2v) is 9.34. The number of hydrogen-bond donors (Lipinski definition) is 0. The van der Waals surface area contributed by atoms with Crippen molar-refractivity contribution in [2.24, 2.45) is 0 Å². The maximum atomic E-state index is 13.2. The Kier molecular flexibility index (Phi) is 6.24. The van der Waals surface area contributed by atoms with Gasteiger partial charge >= 0.3 is 0 Å². The third kappa shape index (κ3) is 4.37. The molecule has 174 valence electrons. The summed E-state index contributed by atoms with van der Waals surface area (Å²) in [5.74, 6) is 2.08. The minimum Gasteiger partial charge on any atom is -0.494 e. The van der Waals surface area contributed by atoms with E-state index in [-0.39, 0.29) is 5.78 Å². The molecule has 8 heteroatoms. The van der Waals surface area contributed by atoms with Gasteiger partial charge in [0.05, 0.1) is 12.4 Å². The van der Waals surface area contributed by atoms with Gasteiger partial charge < -0.3 is 9.30 Å². The lowest BCUT2D eigenvalue weighted by Crippen LogP contribution is -2.07. The molecule has 0 N–H and O–H groups in total. The van der Waals surface area contributed by atoms with E-state index in [1.165, 1.54) is 11.8 Å². The molecule has 5 rings (SSSR count). The van der Waals surface area contributed by atoms with E-state index in [4.69, 9.17) is 4.74 Å². The average Bonchev–Trinajstić information content (AvgIpc) is 3.53. The fraction of sp³-hybridized carbons (Fsp3) is 0.308. The zero-order valence-electron chi connectivity index (χ0n) is 19.6. The second kappa shape index (κ2) is 9.46. The molecule has 1 aliphatic carbocycles. The van der Waals surface area contributed by atoms with E-state index in [0.717, 1.165) is 57.8 Å². The number of ether oxygens (including phenoxy) is 1. The zero-order valence-corrected chi connectivity index (χ0v) is 20.4. The Morgan fingerprint density at radius 3 is 2.50 bits per heavy atom. The molecule has 34 heavy (non-hydrogen) atoms. The van der Waals surface area contributed by atoms with Crippen LogP contribution in [0.5, 0.6) is 5.75 Å². The van der Waals surface area contributed by atoms with Gasteiger partial charge in [0.25, 0.3) is 0 Å². The highest BCUT2D eigenvalue weighted by atomic mass is 32.2. The Morgan fingerprint density at radius 2 is 1.82 bits per heavy atom. The van der Waals surface area contributed by atoms with Gasteiger partial charge in [-0.2, -0.15) is 0 Å². The van der Waals surface area contributed by atoms with Gasteiger partial charge in [-0.3, -0.25) is 14.3 Å². The van der Waals surface area contributed by atoms with Crippen LogP contribution >= 0.6 is 11.8 Å². The van der Waals surface area contributed by atoms with Crippen LogP contribution in [-0.2, 0) is 0 Å². The minimum atomic E-state index is 0.0890. The molecule has 0 amide bonds. The monoisotopic (exact) mass is 473 g/mol. The number of nitrogens with zero attached hydrogens (tertiary/aromatic N) is 5. The van der Waals surface area contributed by atoms with Crippen molar-refractivity contribution < 1.29 is 9.53 Å². The van der Waals surface area contributed by atoms with Gasteiger partial charge in [0, 0.05) is 46.6 Å². The SMILES string of the molecule is CCOc1ccc(-n2c(C)cc(C(=O)CSc3nnc(-c4ccncc4)n3C3CC3)c2C)cc1. The molecule has 1 saturated carbocycles. The molecule has 0 bridgehead atoms. The number of rotatable bonds is 9. The molecule has 0 unspecified atom stereocenters. The highest BCUT2D eigenvalue weighted by Crippen LogP contribution is 2.41. The molecule has 0 spiro atoms. The van der Waals surface area contributed by atoms with Crippen LogP contribution in [0, 0.1) is 13.8 Å². The fourth-order valence-corrected chi connectivity index (χ4v) is 5.13. The number of thioether (sulfide) groups is 1. The van der Waals surface area contributed by atoms with Crippen molar-refractivity contribution >= 4 is 17.5 Å². The van der Waals surface area contributed by atoms with E-state index >= 15 is 0 Å². The summed E-state index contributed by atoms with van der Waals surface area (Å²) in [6.07, 6.45) is 5.75. The van der Waals surface area contributed by atoms with Gasteiger partial charge in [0.2, 0.25) is 0 Å². The predicted molar refractivity (Wildman–Crippen MR) is 133 cm³/mol. The summed E-state index contributed by atoms with van der Waals surface area (Å²) < 4.78 is 9.84. The van der Waals surface area contributed by atoms with Crippen molar-refractivity contribution in [1.82, 2.24) is 24.3 Å². The number of aromatic nitrogens is 5. The van der Waals surface area contributed by atoms with Crippen molar-refractivity contribution in [2.45, 2.75) is 44.8 Å². The Labute approximate surface area is 203 Å². The smallest absolute Gasteiger partial charge is 0.192 e. The lowest BCUT2D eigenvalue weighted by molar-refractivity contribution is 0.102. The third-order valence-corrected chi connectivity index (χ3v) is 6.93. The van der Waals surface area contributed by atoms with Crippen molar-refractivity contribution in [2.75, 3.05) is 12.4 Å². The van der Waals surface area contributed by atoms with Crippen LogP contribution in [0.15, 0.2) is 60.0 Å². The average molecular weight is 474 g/mol. The summed E-state index contributed by atoms with van der Waals surface area (Å²) >= 11 is 1.46. The van der Waals surface area contributed by atoms with Gasteiger partial charge in [-0.1, -0.05) is 11.8 Å². The first-order valence-corrected chi connectivity index (χ1v) is 12.5. The maximum Gasteiger partial charge on any atom is 0.192 e. The topological polar surface area (TPSA) is 74.8 Å². The van der Waals surface area contributed by atoms with E-state index in [1.807, 2.05) is 63.2 Å². The molecule has 0 atom stereocenters. The zero-order chi connectivity index (χ0) is 23.7. The van der Waals surface area contributed by atoms with Crippen LogP contribution in [0.1, 0.15) is 47.6 Å². The lowest BCUT2D eigenvalue weighted by Gasteiger charge is -2.11. The molecule has 0 saturated heterocycles. The normalized spacial score (nSPS) is 13.3. The van der Waals surface area contributed by atoms with E-state index in [9.17, 15) is 4.79 Å². The summed E-state index contributed by atoms with van der Waals surface area (Å²) in [4.78, 5) is 17.3. The second-order valence-electron chi connectivity index (χ2n) is 8.40. The number of pyridine rings is 1. The molecular weight excluding hydrogens is 446 g/mol. The number of benzene rings is 1. The van der Waals surface area contributed by atoms with E-state index in [0.29, 0.717) is 18.4 Å². The Balaban J connectivity index is 1.35. The fourth-order valence-electron chi connectivity index (χ4n) is 4.24. The van der Waals surface area contributed by atoms with Crippen LogP contribution in [0.2, 0.25) is 0 Å². The number of carbonyl (C=O) groups is 1. The first-order valence-electron chi connectivity index (χ1n) is 11.5. The Bertz CT molecular complexity index is 1310. The Hall–Kier alpha value is -3.39. The molecule has 0 aliphatic heterocycles. The highest BCUT2D eigenvalue weighted by Gasteiger charge is 2.30. The molecule has 1 fully saturated rings. The third-order valence-electron chi connectivity index (χ3n) is 5.98. The number of Topliss-reactive ketones (excluding diaryl/α,β-unsaturated/α-hetero) is 1. The number of aryl methyl sites for hydroxylation is 1. The number of carbonyl (C=O) groups excluding carboxylic acids is 1. The van der Waals surface area contributed by atoms with Gasteiger partial charge in [-0.25, -0.2) is 0 Å². The molecule has 7 nitrogen and oxygen atoms in total. The predicted octanol–water partition coefficient (Wildman–Crippen LogP) is 5.46. The van der Waals surface area contributed by atoms with Gasteiger partial charge in [-0.05, 0) is 76.1 Å². The van der Waals surface area contributed by atoms with Crippen molar-refractivity contribution in [3.63, 3.8) is 0 Å². The molecule has 3 heterocycles. The number of hydrogen-bond acceptors (Lipinski definition) is 6. The van der Waals surface area contributed by atoms with Gasteiger partial charge in [0.15, 0.2) is 16.8 Å². The molecule has 3 aromatic heterocycles. The summed E-state index contributed by atoms with van der Waals surface area (Å²) in [6, 6.07) is 14.2. The molecule has 1 aromatic carbocycles. The van der Waals surface area contributed by atoms with Crippen LogP contribution in [-0.4, -0.2) is 42.5 Å². The standard InChI is InChI=1S/C26H27N5O2S/c1-4-33-22-9-7-20(8-10-22)30-17(2)15-23(18(30)3)24(32)16-34-26-29-28-25(31(26)21-5-6-21)19-11-13-27-14-12-19/h7-15,21H,4-6,16H2,1-3H3. The summed E-state index contributed by atoms with van der Waals surface area (Å²) in [5.41, 5.74) is 4.71. The van der Waals surface area contributed by atoms with Gasteiger partial charge in [-0.15, -0.1) is 10.2 Å². The van der Waals surface area contributed by atoms with Gasteiger partial charge in [0.1, 0.15) is 5.75 Å². The first-order chi connectivity index (χ1) is 16.6. The first kappa shape index (κ1) is 22.4. The molecule has 0 radical (unpaired) electrons. The van der Waals surface area contributed by atoms with Crippen LogP contribution < -0.4 is 4.74 Å². The molecule has 4 aromatic rings. The highest BCUT2D eigenvalue weighted by molar-refractivity contribution is 7.99. The summed E-state index contributed by atoms with van der Waals surface area (Å²) in [7, 11) is 0. The maximum absolute atomic E-state index is 13.2. The molecular formula is C26H27N5O2S. The van der Waals surface area contributed by atoms with E-state index < -0.39 is 0 Å². The largest absolute Gasteiger partial charge is 0.494 e. The van der Waals surface area contributed by atoms with Crippen LogP contribution in [0.25, 0.3) is 17.1 Å².